The normalized spacial score (nSPS) is 11.8. The maximum Gasteiger partial charge on any atom is 0.151 e. The molecular weight excluding hydrogens is 374 g/mol. The molecule has 0 saturated carbocycles. The minimum atomic E-state index is 0.0108. The first-order valence-electron chi connectivity index (χ1n) is 8.60. The van der Waals surface area contributed by atoms with Crippen molar-refractivity contribution in [3.05, 3.63) is 53.7 Å². The number of aldehydes is 1. The summed E-state index contributed by atoms with van der Waals surface area (Å²) in [6.07, 6.45) is 2.67. The van der Waals surface area contributed by atoms with Gasteiger partial charge in [-0.25, -0.2) is 4.98 Å². The van der Waals surface area contributed by atoms with E-state index in [0.29, 0.717) is 5.56 Å². The van der Waals surface area contributed by atoms with Crippen LogP contribution in [0, 0.1) is 0 Å². The number of thioether (sulfide) groups is 1. The van der Waals surface area contributed by atoms with E-state index >= 15 is 0 Å². The molecule has 0 saturated heterocycles. The molecular formula is C21H19N3OS2. The quantitative estimate of drug-likeness (QED) is 0.326. The van der Waals surface area contributed by atoms with Gasteiger partial charge in [-0.3, -0.25) is 9.78 Å². The molecule has 0 unspecified atom stereocenters. The van der Waals surface area contributed by atoms with Crippen molar-refractivity contribution >= 4 is 61.9 Å². The van der Waals surface area contributed by atoms with Gasteiger partial charge in [0.05, 0.1) is 21.2 Å². The third-order valence-electron chi connectivity index (χ3n) is 4.03. The van der Waals surface area contributed by atoms with Crippen LogP contribution in [0.25, 0.3) is 21.1 Å². The molecule has 6 heteroatoms. The van der Waals surface area contributed by atoms with Gasteiger partial charge in [-0.2, -0.15) is 0 Å². The Hall–Kier alpha value is -2.44. The van der Waals surface area contributed by atoms with E-state index in [4.69, 9.17) is 0 Å². The van der Waals surface area contributed by atoms with Crippen LogP contribution in [0.2, 0.25) is 0 Å². The zero-order valence-corrected chi connectivity index (χ0v) is 16.9. The Labute approximate surface area is 166 Å². The van der Waals surface area contributed by atoms with Crippen LogP contribution in [0.5, 0.6) is 0 Å². The number of aromatic nitrogens is 2. The van der Waals surface area contributed by atoms with Gasteiger partial charge in [-0.1, -0.05) is 20.8 Å². The average molecular weight is 394 g/mol. The maximum absolute atomic E-state index is 11.6. The molecule has 0 spiro atoms. The van der Waals surface area contributed by atoms with Crippen LogP contribution < -0.4 is 5.32 Å². The number of anilines is 2. The topological polar surface area (TPSA) is 54.9 Å². The summed E-state index contributed by atoms with van der Waals surface area (Å²) in [6, 6.07) is 12.1. The number of pyridine rings is 1. The van der Waals surface area contributed by atoms with Crippen LogP contribution in [-0.4, -0.2) is 21.0 Å². The molecule has 0 bridgehead atoms. The highest BCUT2D eigenvalue weighted by Gasteiger charge is 2.17. The van der Waals surface area contributed by atoms with E-state index in [1.54, 1.807) is 29.3 Å². The minimum absolute atomic E-state index is 0.0108. The molecule has 0 aliphatic heterocycles. The van der Waals surface area contributed by atoms with E-state index in [9.17, 15) is 4.79 Å². The summed E-state index contributed by atoms with van der Waals surface area (Å²) in [5.74, 6) is 0. The van der Waals surface area contributed by atoms with E-state index < -0.39 is 0 Å². The van der Waals surface area contributed by atoms with Crippen LogP contribution in [0.4, 0.5) is 11.4 Å². The molecule has 2 heterocycles. The van der Waals surface area contributed by atoms with Crippen LogP contribution >= 0.6 is 23.1 Å². The Morgan fingerprint density at radius 3 is 2.70 bits per heavy atom. The lowest BCUT2D eigenvalue weighted by atomic mass is 10.1. The average Bonchev–Trinajstić information content (AvgIpc) is 3.08. The summed E-state index contributed by atoms with van der Waals surface area (Å²) in [5, 5.41) is 4.48. The first kappa shape index (κ1) is 17.9. The minimum Gasteiger partial charge on any atom is -0.355 e. The molecule has 0 fully saturated rings. The Bertz CT molecular complexity index is 1150. The molecule has 4 rings (SSSR count). The van der Waals surface area contributed by atoms with Crippen LogP contribution in [-0.2, 0) is 0 Å². The fraction of sp³-hybridized carbons (Fsp3) is 0.190. The predicted molar refractivity (Wildman–Crippen MR) is 116 cm³/mol. The number of fused-ring (bicyclic) bond motifs is 2. The molecule has 0 aliphatic carbocycles. The van der Waals surface area contributed by atoms with Crippen molar-refractivity contribution in [2.75, 3.05) is 5.32 Å². The lowest BCUT2D eigenvalue weighted by Gasteiger charge is -2.19. The molecule has 0 amide bonds. The number of carbonyl (C=O) groups excluding carboxylic acids is 1. The smallest absolute Gasteiger partial charge is 0.151 e. The SMILES string of the molecule is CC(C)(C)Sc1cc2c(Nc3ccc4scnc4c3)ccnc2cc1C=O. The molecule has 0 atom stereocenters. The zero-order valence-electron chi connectivity index (χ0n) is 15.3. The number of nitrogens with zero attached hydrogens (tertiary/aromatic N) is 2. The third kappa shape index (κ3) is 3.82. The molecule has 1 N–H and O–H groups in total. The third-order valence-corrected chi connectivity index (χ3v) is 6.02. The second-order valence-corrected chi connectivity index (χ2v) is 10.0. The monoisotopic (exact) mass is 393 g/mol. The first-order chi connectivity index (χ1) is 12.9. The van der Waals surface area contributed by atoms with Gasteiger partial charge < -0.3 is 5.32 Å². The Morgan fingerprint density at radius 1 is 1.07 bits per heavy atom. The summed E-state index contributed by atoms with van der Waals surface area (Å²) >= 11 is 3.32. The number of rotatable bonds is 4. The fourth-order valence-electron chi connectivity index (χ4n) is 2.90. The summed E-state index contributed by atoms with van der Waals surface area (Å²) in [5.41, 5.74) is 6.25. The van der Waals surface area contributed by atoms with Gasteiger partial charge in [0.2, 0.25) is 0 Å². The van der Waals surface area contributed by atoms with E-state index in [0.717, 1.165) is 39.0 Å². The van der Waals surface area contributed by atoms with Crippen molar-refractivity contribution < 1.29 is 4.79 Å². The number of thiazole rings is 1. The van der Waals surface area contributed by atoms with Gasteiger partial charge in [-0.15, -0.1) is 23.1 Å². The van der Waals surface area contributed by atoms with Gasteiger partial charge in [-0.05, 0) is 36.4 Å². The zero-order chi connectivity index (χ0) is 19.0. The molecule has 2 aromatic carbocycles. The Kier molecular flexibility index (Phi) is 4.61. The number of hydrogen-bond acceptors (Lipinski definition) is 6. The summed E-state index contributed by atoms with van der Waals surface area (Å²) in [7, 11) is 0. The van der Waals surface area contributed by atoms with E-state index in [1.165, 1.54) is 4.70 Å². The first-order valence-corrected chi connectivity index (χ1v) is 10.3. The lowest BCUT2D eigenvalue weighted by Crippen LogP contribution is -2.07. The molecule has 27 heavy (non-hydrogen) atoms. The summed E-state index contributed by atoms with van der Waals surface area (Å²) in [6.45, 7) is 6.42. The van der Waals surface area contributed by atoms with Crippen LogP contribution in [0.15, 0.2) is 53.0 Å². The van der Waals surface area contributed by atoms with Crippen molar-refractivity contribution in [1.82, 2.24) is 9.97 Å². The number of hydrogen-bond donors (Lipinski definition) is 1. The standard InChI is InChI=1S/C21H19N3OS2/c1-21(2,3)27-20-10-15-16(6-7-22-17(15)8-13(20)11-25)24-14-4-5-19-18(9-14)23-12-26-19/h4-12H,1-3H3,(H,22,24). The van der Waals surface area contributed by atoms with Crippen molar-refractivity contribution in [1.29, 1.82) is 0 Å². The van der Waals surface area contributed by atoms with Crippen LogP contribution in [0.1, 0.15) is 31.1 Å². The second kappa shape index (κ2) is 6.94. The number of nitrogens with one attached hydrogen (secondary N) is 1. The highest BCUT2D eigenvalue weighted by atomic mass is 32.2. The summed E-state index contributed by atoms with van der Waals surface area (Å²) < 4.78 is 1.18. The number of carbonyl (C=O) groups is 1. The maximum atomic E-state index is 11.6. The molecule has 4 nitrogen and oxygen atoms in total. The Balaban J connectivity index is 1.79. The van der Waals surface area contributed by atoms with E-state index in [1.807, 2.05) is 23.7 Å². The molecule has 136 valence electrons. The van der Waals surface area contributed by atoms with Crippen molar-refractivity contribution in [3.63, 3.8) is 0 Å². The highest BCUT2D eigenvalue weighted by Crippen LogP contribution is 2.37. The highest BCUT2D eigenvalue weighted by molar-refractivity contribution is 8.00. The van der Waals surface area contributed by atoms with Gasteiger partial charge in [0.1, 0.15) is 0 Å². The summed E-state index contributed by atoms with van der Waals surface area (Å²) in [4.78, 5) is 21.4. The van der Waals surface area contributed by atoms with Gasteiger partial charge in [0.15, 0.2) is 6.29 Å². The van der Waals surface area contributed by atoms with Crippen molar-refractivity contribution in [3.8, 4) is 0 Å². The largest absolute Gasteiger partial charge is 0.355 e. The van der Waals surface area contributed by atoms with Gasteiger partial charge in [0.25, 0.3) is 0 Å². The molecule has 4 aromatic rings. The predicted octanol–water partition coefficient (Wildman–Crippen LogP) is 6.29. The van der Waals surface area contributed by atoms with Crippen molar-refractivity contribution in [2.24, 2.45) is 0 Å². The fourth-order valence-corrected chi connectivity index (χ4v) is 4.62. The molecule has 0 aliphatic rings. The lowest BCUT2D eigenvalue weighted by molar-refractivity contribution is 0.112. The van der Waals surface area contributed by atoms with E-state index in [-0.39, 0.29) is 4.75 Å². The van der Waals surface area contributed by atoms with E-state index in [2.05, 4.69) is 54.3 Å². The van der Waals surface area contributed by atoms with Gasteiger partial charge >= 0.3 is 0 Å². The molecule has 0 radical (unpaired) electrons. The van der Waals surface area contributed by atoms with Crippen molar-refractivity contribution in [2.45, 2.75) is 30.4 Å². The molecule has 2 aromatic heterocycles. The second-order valence-electron chi connectivity index (χ2n) is 7.26. The number of benzene rings is 2. The van der Waals surface area contributed by atoms with Gasteiger partial charge in [0, 0.05) is 38.2 Å². The Morgan fingerprint density at radius 2 is 1.93 bits per heavy atom. The van der Waals surface area contributed by atoms with Crippen LogP contribution in [0.3, 0.4) is 0 Å².